The van der Waals surface area contributed by atoms with Gasteiger partial charge in [-0.05, 0) is 66.7 Å². The molecular weight excluding hydrogens is 504 g/mol. The molecule has 214 valence electrons. The number of carbonyl (C=O) groups is 3. The fourth-order valence-electron chi connectivity index (χ4n) is 3.29. The van der Waals surface area contributed by atoms with E-state index in [4.69, 9.17) is 4.74 Å². The monoisotopic (exact) mass is 550 g/mol. The Morgan fingerprint density at radius 3 is 2.29 bits per heavy atom. The van der Waals surface area contributed by atoms with Gasteiger partial charge in [-0.15, -0.1) is 0 Å². The van der Waals surface area contributed by atoms with Crippen molar-refractivity contribution in [1.82, 2.24) is 10.8 Å². The van der Waals surface area contributed by atoms with Crippen molar-refractivity contribution >= 4 is 41.4 Å². The second-order valence-electron chi connectivity index (χ2n) is 9.19. The highest BCUT2D eigenvalue weighted by atomic mass is 32.2. The van der Waals surface area contributed by atoms with E-state index in [0.717, 1.165) is 25.7 Å². The van der Waals surface area contributed by atoms with Gasteiger partial charge in [0.1, 0.15) is 5.71 Å². The third-order valence-electron chi connectivity index (χ3n) is 5.42. The summed E-state index contributed by atoms with van der Waals surface area (Å²) in [4.78, 5) is 43.7. The average molecular weight is 551 g/mol. The zero-order valence-electron chi connectivity index (χ0n) is 23.8. The van der Waals surface area contributed by atoms with E-state index in [9.17, 15) is 19.6 Å². The molecule has 0 aliphatic carbocycles. The summed E-state index contributed by atoms with van der Waals surface area (Å²) < 4.78 is 5.13. The van der Waals surface area contributed by atoms with Gasteiger partial charge in [-0.3, -0.25) is 19.8 Å². The summed E-state index contributed by atoms with van der Waals surface area (Å²) in [6.45, 7) is 11.0. The number of nitrogens with zero attached hydrogens (tertiary/aromatic N) is 2. The van der Waals surface area contributed by atoms with Crippen molar-refractivity contribution < 1.29 is 24.3 Å². The molecule has 0 spiro atoms. The van der Waals surface area contributed by atoms with Gasteiger partial charge in [-0.25, -0.2) is 10.3 Å². The third kappa shape index (κ3) is 18.6. The lowest BCUT2D eigenvalue weighted by Gasteiger charge is -2.14. The number of methoxy groups -OCH3 is 1. The van der Waals surface area contributed by atoms with E-state index in [-0.39, 0.29) is 23.6 Å². The average Bonchev–Trinajstić information content (AvgIpc) is 2.87. The zero-order valence-corrected chi connectivity index (χ0v) is 24.7. The topological polar surface area (TPSA) is 129 Å². The Bertz CT molecular complexity index is 890. The first kappa shape index (κ1) is 35.4. The van der Waals surface area contributed by atoms with Crippen molar-refractivity contribution in [2.75, 3.05) is 31.8 Å². The second-order valence-corrected chi connectivity index (χ2v) is 10.2. The standard InChI is InChI=1S/C28H46N4O5S/c1-7-29-28(35)31-25(19-33)18-24(14-16-37-6)30-26(27(34)32-36)20-38-17-15-23(5)13-9-12-22(4)11-8-10-21(2)3/h10,12,15,19,24,36H,7-9,11,13-14,16-18,20H2,1-6H3,(H,29,35)(H,32,34). The second kappa shape index (κ2) is 22.4. The third-order valence-corrected chi connectivity index (χ3v) is 6.30. The molecular formula is C28H46N4O5S. The van der Waals surface area contributed by atoms with Crippen molar-refractivity contribution in [1.29, 1.82) is 0 Å². The fraction of sp³-hybridized carbons (Fsp3) is 0.607. The number of hydrogen-bond donors (Lipinski definition) is 3. The normalized spacial score (nSPS) is 13.7. The Labute approximate surface area is 232 Å². The molecule has 0 saturated carbocycles. The summed E-state index contributed by atoms with van der Waals surface area (Å²) in [7, 11) is 1.54. The number of allylic oxidation sites excluding steroid dienone is 5. The van der Waals surface area contributed by atoms with Crippen LogP contribution in [0.1, 0.15) is 73.1 Å². The molecule has 0 fully saturated rings. The van der Waals surface area contributed by atoms with Gasteiger partial charge >= 0.3 is 6.03 Å². The van der Waals surface area contributed by atoms with Gasteiger partial charge in [0.2, 0.25) is 0 Å². The molecule has 38 heavy (non-hydrogen) atoms. The van der Waals surface area contributed by atoms with Crippen molar-refractivity contribution in [3.05, 3.63) is 34.9 Å². The van der Waals surface area contributed by atoms with Gasteiger partial charge in [0.25, 0.3) is 5.91 Å². The first-order chi connectivity index (χ1) is 18.2. The molecule has 0 bridgehead atoms. The van der Waals surface area contributed by atoms with E-state index < -0.39 is 18.0 Å². The molecule has 0 heterocycles. The summed E-state index contributed by atoms with van der Waals surface area (Å²) in [5.74, 6) is 0.253. The lowest BCUT2D eigenvalue weighted by atomic mass is 10.1. The van der Waals surface area contributed by atoms with Crippen LogP contribution in [0, 0.1) is 0 Å². The van der Waals surface area contributed by atoms with Crippen molar-refractivity contribution in [2.45, 2.75) is 79.2 Å². The first-order valence-corrected chi connectivity index (χ1v) is 14.1. The number of urea groups is 1. The molecule has 3 amide bonds. The molecule has 0 aliphatic rings. The van der Waals surface area contributed by atoms with Crippen molar-refractivity contribution in [2.24, 2.45) is 9.98 Å². The van der Waals surface area contributed by atoms with E-state index in [1.165, 1.54) is 35.6 Å². The van der Waals surface area contributed by atoms with Crippen LogP contribution in [0.3, 0.4) is 0 Å². The van der Waals surface area contributed by atoms with Gasteiger partial charge in [0, 0.05) is 38.2 Å². The molecule has 1 unspecified atom stereocenters. The van der Waals surface area contributed by atoms with Crippen molar-refractivity contribution in [3.8, 4) is 0 Å². The quantitative estimate of drug-likeness (QED) is 0.0503. The number of nitrogens with one attached hydrogen (secondary N) is 2. The molecule has 0 aromatic rings. The summed E-state index contributed by atoms with van der Waals surface area (Å²) in [6, 6.07) is -1.13. The molecule has 0 rings (SSSR count). The number of hydroxylamine groups is 1. The molecule has 0 aromatic heterocycles. The number of ether oxygens (including phenoxy) is 1. The van der Waals surface area contributed by atoms with Crippen molar-refractivity contribution in [3.63, 3.8) is 0 Å². The number of amides is 3. The predicted octanol–water partition coefficient (Wildman–Crippen LogP) is 5.25. The smallest absolute Gasteiger partial charge is 0.341 e. The number of carbonyl (C=O) groups excluding carboxylic acids is 3. The highest BCUT2D eigenvalue weighted by Gasteiger charge is 2.17. The molecule has 0 saturated heterocycles. The molecule has 10 heteroatoms. The summed E-state index contributed by atoms with van der Waals surface area (Å²) in [5.41, 5.74) is 5.83. The Morgan fingerprint density at radius 1 is 1.05 bits per heavy atom. The molecule has 0 radical (unpaired) electrons. The minimum atomic E-state index is -0.706. The first-order valence-electron chi connectivity index (χ1n) is 13.0. The van der Waals surface area contributed by atoms with E-state index >= 15 is 0 Å². The molecule has 9 nitrogen and oxygen atoms in total. The lowest BCUT2D eigenvalue weighted by Crippen LogP contribution is -2.32. The Kier molecular flexibility index (Phi) is 20.9. The minimum absolute atomic E-state index is 0.0250. The van der Waals surface area contributed by atoms with Crippen LogP contribution in [0.25, 0.3) is 0 Å². The van der Waals surface area contributed by atoms with Gasteiger partial charge < -0.3 is 10.1 Å². The largest absolute Gasteiger partial charge is 0.385 e. The van der Waals surface area contributed by atoms with Gasteiger partial charge in [-0.2, -0.15) is 16.8 Å². The van der Waals surface area contributed by atoms with Crippen LogP contribution >= 0.6 is 11.8 Å². The van der Waals surface area contributed by atoms with Crippen LogP contribution in [-0.2, 0) is 14.3 Å². The minimum Gasteiger partial charge on any atom is -0.385 e. The summed E-state index contributed by atoms with van der Waals surface area (Å²) >= 11 is 1.50. The fourth-order valence-corrected chi connectivity index (χ4v) is 4.21. The maximum atomic E-state index is 12.3. The highest BCUT2D eigenvalue weighted by molar-refractivity contribution is 8.00. The highest BCUT2D eigenvalue weighted by Crippen LogP contribution is 2.14. The number of aldehydes is 1. The predicted molar refractivity (Wildman–Crippen MR) is 158 cm³/mol. The lowest BCUT2D eigenvalue weighted by molar-refractivity contribution is -0.122. The number of thioether (sulfide) groups is 1. The van der Waals surface area contributed by atoms with E-state index in [1.54, 1.807) is 12.4 Å². The number of rotatable bonds is 19. The maximum absolute atomic E-state index is 12.3. The van der Waals surface area contributed by atoms with Gasteiger partial charge in [-0.1, -0.05) is 34.9 Å². The van der Waals surface area contributed by atoms with Crippen LogP contribution < -0.4 is 10.8 Å². The van der Waals surface area contributed by atoms with E-state index in [0.29, 0.717) is 31.6 Å². The van der Waals surface area contributed by atoms with Gasteiger partial charge in [0.05, 0.1) is 11.8 Å². The van der Waals surface area contributed by atoms with Crippen LogP contribution in [0.15, 0.2) is 44.9 Å². The Balaban J connectivity index is 5.13. The molecule has 0 aromatic carbocycles. The number of hydrogen-bond acceptors (Lipinski definition) is 7. The van der Waals surface area contributed by atoms with E-state index in [1.807, 2.05) is 0 Å². The molecule has 3 N–H and O–H groups in total. The molecule has 1 atom stereocenters. The summed E-state index contributed by atoms with van der Waals surface area (Å²) in [5, 5.41) is 11.7. The van der Waals surface area contributed by atoms with E-state index in [2.05, 4.69) is 61.2 Å². The van der Waals surface area contributed by atoms with Crippen LogP contribution in [0.2, 0.25) is 0 Å². The molecule has 0 aliphatic heterocycles. The SMILES string of the molecule is CCNC(=O)N=C(C=O)CC(CCOC)N=C(CSCC=C(C)CCC=C(C)CCC=C(C)C)C(=O)NO. The van der Waals surface area contributed by atoms with Crippen LogP contribution in [-0.4, -0.2) is 72.7 Å². The van der Waals surface area contributed by atoms with Gasteiger partial charge in [0.15, 0.2) is 6.29 Å². The number of aliphatic imine (C=N–C) groups is 2. The Morgan fingerprint density at radius 2 is 1.71 bits per heavy atom. The zero-order chi connectivity index (χ0) is 28.8. The Hall–Kier alpha value is -2.56. The van der Waals surface area contributed by atoms with Crippen LogP contribution in [0.5, 0.6) is 0 Å². The maximum Gasteiger partial charge on any atom is 0.341 e. The van der Waals surface area contributed by atoms with Crippen LogP contribution in [0.4, 0.5) is 4.79 Å². The summed E-state index contributed by atoms with van der Waals surface area (Å²) in [6.07, 6.45) is 11.8.